The van der Waals surface area contributed by atoms with Gasteiger partial charge in [0.15, 0.2) is 0 Å². The van der Waals surface area contributed by atoms with Crippen LogP contribution >= 0.6 is 0 Å². The van der Waals surface area contributed by atoms with Crippen LogP contribution in [0.4, 0.5) is 0 Å². The minimum absolute atomic E-state index is 0.118. The van der Waals surface area contributed by atoms with E-state index >= 15 is 0 Å². The number of ether oxygens (including phenoxy) is 2. The molecule has 1 aromatic heterocycles. The molecule has 0 bridgehead atoms. The van der Waals surface area contributed by atoms with Crippen LogP contribution in [0.1, 0.15) is 74.0 Å². The van der Waals surface area contributed by atoms with Gasteiger partial charge in [-0.05, 0) is 44.1 Å². The number of rotatable bonds is 10. The normalized spacial score (nSPS) is 20.3. The summed E-state index contributed by atoms with van der Waals surface area (Å²) in [6, 6.07) is 3.39. The molecule has 7 heteroatoms. The zero-order chi connectivity index (χ0) is 19.2. The summed E-state index contributed by atoms with van der Waals surface area (Å²) in [5.74, 6) is 0.321. The van der Waals surface area contributed by atoms with E-state index in [0.29, 0.717) is 37.1 Å². The fourth-order valence-corrected chi connectivity index (χ4v) is 3.36. The van der Waals surface area contributed by atoms with Crippen molar-refractivity contribution in [3.63, 3.8) is 0 Å². The van der Waals surface area contributed by atoms with E-state index < -0.39 is 5.91 Å². The minimum atomic E-state index is -0.428. The molecule has 148 valence electrons. The standard InChI is InChI=1S/C20H29N3O4/c1-2-4-14(11-17(21)24)22-20(25)19-15(16-5-3-10-26-16)8-9-18(23-19)27-12-13-6-7-13/h8-9,13-14,16H,2-7,10-12H2,1H3,(H2,21,24)(H,22,25)/t14-,16?/m0/s1. The van der Waals surface area contributed by atoms with Gasteiger partial charge < -0.3 is 20.5 Å². The molecule has 27 heavy (non-hydrogen) atoms. The van der Waals surface area contributed by atoms with Crippen molar-refractivity contribution in [3.05, 3.63) is 23.4 Å². The van der Waals surface area contributed by atoms with E-state index in [0.717, 1.165) is 24.8 Å². The highest BCUT2D eigenvalue weighted by Crippen LogP contribution is 2.32. The van der Waals surface area contributed by atoms with Crippen LogP contribution in [-0.4, -0.2) is 36.1 Å². The lowest BCUT2D eigenvalue weighted by molar-refractivity contribution is -0.118. The van der Waals surface area contributed by atoms with Gasteiger partial charge in [0.05, 0.1) is 12.7 Å². The first-order valence-electron chi connectivity index (χ1n) is 9.91. The monoisotopic (exact) mass is 375 g/mol. The number of nitrogens with two attached hydrogens (primary N) is 1. The van der Waals surface area contributed by atoms with Gasteiger partial charge in [-0.25, -0.2) is 4.98 Å². The van der Waals surface area contributed by atoms with Gasteiger partial charge in [-0.1, -0.05) is 13.3 Å². The van der Waals surface area contributed by atoms with Gasteiger partial charge in [-0.2, -0.15) is 0 Å². The number of pyridine rings is 1. The lowest BCUT2D eigenvalue weighted by Crippen LogP contribution is -2.38. The number of carbonyl (C=O) groups is 2. The fourth-order valence-electron chi connectivity index (χ4n) is 3.36. The predicted octanol–water partition coefficient (Wildman–Crippen LogP) is 2.50. The number of hydrogen-bond acceptors (Lipinski definition) is 5. The first-order valence-corrected chi connectivity index (χ1v) is 9.91. The predicted molar refractivity (Wildman–Crippen MR) is 100 cm³/mol. The van der Waals surface area contributed by atoms with Crippen LogP contribution in [0, 0.1) is 5.92 Å². The van der Waals surface area contributed by atoms with E-state index in [1.807, 2.05) is 19.1 Å². The molecule has 3 rings (SSSR count). The smallest absolute Gasteiger partial charge is 0.270 e. The van der Waals surface area contributed by atoms with E-state index in [1.165, 1.54) is 12.8 Å². The maximum atomic E-state index is 13.0. The maximum Gasteiger partial charge on any atom is 0.270 e. The van der Waals surface area contributed by atoms with Crippen LogP contribution < -0.4 is 15.8 Å². The van der Waals surface area contributed by atoms with E-state index in [4.69, 9.17) is 15.2 Å². The molecule has 1 saturated carbocycles. The largest absolute Gasteiger partial charge is 0.477 e. The highest BCUT2D eigenvalue weighted by molar-refractivity contribution is 5.94. The first-order chi connectivity index (χ1) is 13.1. The molecular weight excluding hydrogens is 346 g/mol. The third kappa shape index (κ3) is 5.66. The number of nitrogens with one attached hydrogen (secondary N) is 1. The van der Waals surface area contributed by atoms with Crippen molar-refractivity contribution in [1.29, 1.82) is 0 Å². The Balaban J connectivity index is 1.78. The van der Waals surface area contributed by atoms with Gasteiger partial charge >= 0.3 is 0 Å². The van der Waals surface area contributed by atoms with Crippen LogP contribution in [0.25, 0.3) is 0 Å². The van der Waals surface area contributed by atoms with Crippen molar-refractivity contribution in [2.45, 2.75) is 64.0 Å². The number of aromatic nitrogens is 1. The summed E-state index contributed by atoms with van der Waals surface area (Å²) >= 11 is 0. The molecule has 0 aromatic carbocycles. The highest BCUT2D eigenvalue weighted by Gasteiger charge is 2.27. The Morgan fingerprint density at radius 3 is 2.81 bits per heavy atom. The molecule has 1 aliphatic heterocycles. The van der Waals surface area contributed by atoms with E-state index in [9.17, 15) is 9.59 Å². The average molecular weight is 375 g/mol. The second kappa shape index (κ2) is 9.17. The summed E-state index contributed by atoms with van der Waals surface area (Å²) < 4.78 is 11.5. The second-order valence-electron chi connectivity index (χ2n) is 7.47. The number of carbonyl (C=O) groups excluding carboxylic acids is 2. The Labute approximate surface area is 160 Å². The number of primary amides is 1. The highest BCUT2D eigenvalue weighted by atomic mass is 16.5. The maximum absolute atomic E-state index is 13.0. The molecule has 1 aromatic rings. The summed E-state index contributed by atoms with van der Waals surface area (Å²) in [6.45, 7) is 3.32. The Bertz CT molecular complexity index is 669. The molecule has 7 nitrogen and oxygen atoms in total. The molecule has 2 heterocycles. The zero-order valence-corrected chi connectivity index (χ0v) is 15.9. The summed E-state index contributed by atoms with van der Waals surface area (Å²) in [4.78, 5) is 28.7. The van der Waals surface area contributed by atoms with Gasteiger partial charge in [0.1, 0.15) is 5.69 Å². The summed E-state index contributed by atoms with van der Waals surface area (Å²) in [7, 11) is 0. The van der Waals surface area contributed by atoms with Crippen LogP contribution in [0.3, 0.4) is 0 Å². The molecule has 1 saturated heterocycles. The summed E-state index contributed by atoms with van der Waals surface area (Å²) in [6.07, 6.45) is 5.72. The van der Waals surface area contributed by atoms with E-state index in [-0.39, 0.29) is 24.5 Å². The number of hydrogen-bond donors (Lipinski definition) is 2. The zero-order valence-electron chi connectivity index (χ0n) is 15.9. The van der Waals surface area contributed by atoms with Gasteiger partial charge in [0.25, 0.3) is 5.91 Å². The molecule has 2 fully saturated rings. The van der Waals surface area contributed by atoms with Crippen LogP contribution in [0.15, 0.2) is 12.1 Å². The Hall–Kier alpha value is -2.15. The molecular formula is C20H29N3O4. The molecule has 2 atom stereocenters. The van der Waals surface area contributed by atoms with Crippen molar-refractivity contribution in [2.75, 3.05) is 13.2 Å². The molecule has 2 aliphatic rings. The first kappa shape index (κ1) is 19.6. The molecule has 1 aliphatic carbocycles. The summed E-state index contributed by atoms with van der Waals surface area (Å²) in [5.41, 5.74) is 6.42. The van der Waals surface area contributed by atoms with E-state index in [2.05, 4.69) is 10.3 Å². The quantitative estimate of drug-likeness (QED) is 0.654. The van der Waals surface area contributed by atoms with Crippen LogP contribution in [-0.2, 0) is 9.53 Å². The number of amides is 2. The average Bonchev–Trinajstić information content (AvgIpc) is 3.31. The second-order valence-corrected chi connectivity index (χ2v) is 7.47. The van der Waals surface area contributed by atoms with Gasteiger partial charge in [0, 0.05) is 30.7 Å². The van der Waals surface area contributed by atoms with Gasteiger partial charge in [-0.15, -0.1) is 0 Å². The minimum Gasteiger partial charge on any atom is -0.477 e. The van der Waals surface area contributed by atoms with Crippen molar-refractivity contribution >= 4 is 11.8 Å². The van der Waals surface area contributed by atoms with Gasteiger partial charge in [-0.3, -0.25) is 9.59 Å². The fraction of sp³-hybridized carbons (Fsp3) is 0.650. The summed E-state index contributed by atoms with van der Waals surface area (Å²) in [5, 5.41) is 2.92. The van der Waals surface area contributed by atoms with Crippen molar-refractivity contribution in [1.82, 2.24) is 10.3 Å². The Morgan fingerprint density at radius 2 is 2.19 bits per heavy atom. The third-order valence-electron chi connectivity index (χ3n) is 4.98. The Kier molecular flexibility index (Phi) is 6.66. The van der Waals surface area contributed by atoms with Crippen molar-refractivity contribution in [3.8, 4) is 5.88 Å². The van der Waals surface area contributed by atoms with Crippen molar-refractivity contribution in [2.24, 2.45) is 11.7 Å². The van der Waals surface area contributed by atoms with Gasteiger partial charge in [0.2, 0.25) is 11.8 Å². The number of nitrogens with zero attached hydrogens (tertiary/aromatic N) is 1. The lowest BCUT2D eigenvalue weighted by atomic mass is 10.0. The molecule has 2 amide bonds. The lowest BCUT2D eigenvalue weighted by Gasteiger charge is -2.19. The Morgan fingerprint density at radius 1 is 1.37 bits per heavy atom. The van der Waals surface area contributed by atoms with E-state index in [1.54, 1.807) is 0 Å². The topological polar surface area (TPSA) is 104 Å². The van der Waals surface area contributed by atoms with Crippen LogP contribution in [0.5, 0.6) is 5.88 Å². The van der Waals surface area contributed by atoms with Crippen LogP contribution in [0.2, 0.25) is 0 Å². The molecule has 1 unspecified atom stereocenters. The molecule has 0 spiro atoms. The SMILES string of the molecule is CCC[C@@H](CC(N)=O)NC(=O)c1nc(OCC2CC2)ccc1C1CCCO1. The third-order valence-corrected chi connectivity index (χ3v) is 4.98. The van der Waals surface area contributed by atoms with Crippen molar-refractivity contribution < 1.29 is 19.1 Å². The molecule has 3 N–H and O–H groups in total. The molecule has 0 radical (unpaired) electrons.